The molecular formula is C15H25ClN2O3. The summed E-state index contributed by atoms with van der Waals surface area (Å²) in [4.78, 5) is 4.41. The highest BCUT2D eigenvalue weighted by Gasteiger charge is 2.05. The Labute approximate surface area is 131 Å². The SMILES string of the molecule is COCCOCCCOc1ccc(Cl)c(CNC(C)C)n1. The molecule has 1 aromatic heterocycles. The van der Waals surface area contributed by atoms with Crippen LogP contribution in [0, 0.1) is 0 Å². The normalized spacial score (nSPS) is 11.1. The number of halogens is 1. The van der Waals surface area contributed by atoms with Gasteiger partial charge in [-0.2, -0.15) is 0 Å². The van der Waals surface area contributed by atoms with Crippen LogP contribution >= 0.6 is 11.6 Å². The maximum atomic E-state index is 6.12. The van der Waals surface area contributed by atoms with Crippen molar-refractivity contribution in [3.05, 3.63) is 22.8 Å². The smallest absolute Gasteiger partial charge is 0.213 e. The Bertz CT molecular complexity index is 403. The van der Waals surface area contributed by atoms with Gasteiger partial charge in [-0.1, -0.05) is 25.4 Å². The average molecular weight is 317 g/mol. The Morgan fingerprint density at radius 2 is 2.00 bits per heavy atom. The number of aromatic nitrogens is 1. The lowest BCUT2D eigenvalue weighted by molar-refractivity contribution is 0.0642. The Morgan fingerprint density at radius 3 is 2.71 bits per heavy atom. The Kier molecular flexibility index (Phi) is 9.34. The van der Waals surface area contributed by atoms with Gasteiger partial charge in [0, 0.05) is 38.8 Å². The van der Waals surface area contributed by atoms with Gasteiger partial charge in [-0.3, -0.25) is 0 Å². The molecule has 0 bridgehead atoms. The zero-order valence-corrected chi connectivity index (χ0v) is 13.8. The Morgan fingerprint density at radius 1 is 1.19 bits per heavy atom. The first-order chi connectivity index (χ1) is 10.1. The highest BCUT2D eigenvalue weighted by molar-refractivity contribution is 6.31. The quantitative estimate of drug-likeness (QED) is 0.636. The molecule has 0 fully saturated rings. The van der Waals surface area contributed by atoms with Crippen LogP contribution in [-0.2, 0) is 16.0 Å². The highest BCUT2D eigenvalue weighted by atomic mass is 35.5. The van der Waals surface area contributed by atoms with Crippen LogP contribution in [0.5, 0.6) is 5.88 Å². The molecule has 0 amide bonds. The number of nitrogens with zero attached hydrogens (tertiary/aromatic N) is 1. The molecule has 5 nitrogen and oxygen atoms in total. The highest BCUT2D eigenvalue weighted by Crippen LogP contribution is 2.18. The second-order valence-electron chi connectivity index (χ2n) is 4.92. The topological polar surface area (TPSA) is 52.6 Å². The van der Waals surface area contributed by atoms with E-state index in [9.17, 15) is 0 Å². The van der Waals surface area contributed by atoms with E-state index < -0.39 is 0 Å². The van der Waals surface area contributed by atoms with E-state index in [0.717, 1.165) is 12.1 Å². The fourth-order valence-electron chi connectivity index (χ4n) is 1.55. The van der Waals surface area contributed by atoms with Gasteiger partial charge in [0.15, 0.2) is 0 Å². The summed E-state index contributed by atoms with van der Waals surface area (Å²) in [6.07, 6.45) is 0.813. The molecule has 0 aliphatic heterocycles. The molecule has 1 aromatic rings. The van der Waals surface area contributed by atoms with Crippen molar-refractivity contribution in [2.75, 3.05) is 33.5 Å². The Balaban J connectivity index is 2.30. The summed E-state index contributed by atoms with van der Waals surface area (Å²) in [5.41, 5.74) is 0.805. The molecule has 1 heterocycles. The van der Waals surface area contributed by atoms with Crippen LogP contribution in [0.1, 0.15) is 26.0 Å². The standard InChI is InChI=1S/C15H25ClN2O3/c1-12(2)17-11-14-13(16)5-6-15(18-14)21-8-4-7-20-10-9-19-3/h5-6,12,17H,4,7-11H2,1-3H3. The largest absolute Gasteiger partial charge is 0.478 e. The number of pyridine rings is 1. The number of hydrogen-bond acceptors (Lipinski definition) is 5. The molecule has 6 heteroatoms. The van der Waals surface area contributed by atoms with Crippen molar-refractivity contribution >= 4 is 11.6 Å². The third kappa shape index (κ3) is 8.21. The van der Waals surface area contributed by atoms with Crippen molar-refractivity contribution in [3.63, 3.8) is 0 Å². The molecule has 120 valence electrons. The van der Waals surface area contributed by atoms with Gasteiger partial charge in [-0.15, -0.1) is 0 Å². The minimum absolute atomic E-state index is 0.386. The van der Waals surface area contributed by atoms with E-state index in [1.165, 1.54) is 0 Å². The molecule has 21 heavy (non-hydrogen) atoms. The molecule has 1 rings (SSSR count). The number of nitrogens with one attached hydrogen (secondary N) is 1. The zero-order chi connectivity index (χ0) is 15.5. The molecule has 0 aliphatic carbocycles. The summed E-state index contributed by atoms with van der Waals surface area (Å²) >= 11 is 6.12. The van der Waals surface area contributed by atoms with Gasteiger partial charge in [0.05, 0.1) is 30.5 Å². The first-order valence-electron chi connectivity index (χ1n) is 7.21. The van der Waals surface area contributed by atoms with Crippen molar-refractivity contribution in [2.45, 2.75) is 32.9 Å². The van der Waals surface area contributed by atoms with Crippen LogP contribution in [0.3, 0.4) is 0 Å². The van der Waals surface area contributed by atoms with Crippen LogP contribution in [0.2, 0.25) is 5.02 Å². The summed E-state index contributed by atoms with van der Waals surface area (Å²) in [6.45, 7) is 7.24. The number of rotatable bonds is 11. The second kappa shape index (κ2) is 10.8. The third-order valence-corrected chi connectivity index (χ3v) is 3.03. The van der Waals surface area contributed by atoms with E-state index in [2.05, 4.69) is 24.1 Å². The van der Waals surface area contributed by atoms with Crippen molar-refractivity contribution < 1.29 is 14.2 Å². The van der Waals surface area contributed by atoms with Crippen molar-refractivity contribution in [3.8, 4) is 5.88 Å². The van der Waals surface area contributed by atoms with Gasteiger partial charge in [0.1, 0.15) is 0 Å². The van der Waals surface area contributed by atoms with E-state index >= 15 is 0 Å². The minimum atomic E-state index is 0.386. The van der Waals surface area contributed by atoms with Crippen LogP contribution in [0.15, 0.2) is 12.1 Å². The predicted molar refractivity (Wildman–Crippen MR) is 84.0 cm³/mol. The van der Waals surface area contributed by atoms with Gasteiger partial charge in [0.2, 0.25) is 5.88 Å². The molecule has 0 atom stereocenters. The summed E-state index contributed by atoms with van der Waals surface area (Å²) in [5.74, 6) is 0.594. The minimum Gasteiger partial charge on any atom is -0.478 e. The number of methoxy groups -OCH3 is 1. The fraction of sp³-hybridized carbons (Fsp3) is 0.667. The fourth-order valence-corrected chi connectivity index (χ4v) is 1.72. The molecule has 0 aromatic carbocycles. The summed E-state index contributed by atoms with van der Waals surface area (Å²) in [5, 5.41) is 3.94. The summed E-state index contributed by atoms with van der Waals surface area (Å²) < 4.78 is 15.9. The molecule has 0 spiro atoms. The van der Waals surface area contributed by atoms with Crippen LogP contribution < -0.4 is 10.1 Å². The maximum absolute atomic E-state index is 6.12. The van der Waals surface area contributed by atoms with Crippen LogP contribution in [0.25, 0.3) is 0 Å². The van der Waals surface area contributed by atoms with Gasteiger partial charge >= 0.3 is 0 Å². The Hall–Kier alpha value is -0.880. The van der Waals surface area contributed by atoms with E-state index in [1.807, 2.05) is 6.07 Å². The van der Waals surface area contributed by atoms with E-state index in [0.29, 0.717) is 49.9 Å². The molecule has 1 N–H and O–H groups in total. The van der Waals surface area contributed by atoms with Crippen molar-refractivity contribution in [1.29, 1.82) is 0 Å². The van der Waals surface area contributed by atoms with Gasteiger partial charge in [0.25, 0.3) is 0 Å². The van der Waals surface area contributed by atoms with Gasteiger partial charge < -0.3 is 19.5 Å². The van der Waals surface area contributed by atoms with Gasteiger partial charge in [-0.25, -0.2) is 4.98 Å². The summed E-state index contributed by atoms with van der Waals surface area (Å²) in [6, 6.07) is 3.99. The van der Waals surface area contributed by atoms with Crippen LogP contribution in [-0.4, -0.2) is 44.6 Å². The predicted octanol–water partition coefficient (Wildman–Crippen LogP) is 2.66. The first-order valence-corrected chi connectivity index (χ1v) is 7.59. The second-order valence-corrected chi connectivity index (χ2v) is 5.33. The average Bonchev–Trinajstić information content (AvgIpc) is 2.46. The van der Waals surface area contributed by atoms with Crippen molar-refractivity contribution in [2.24, 2.45) is 0 Å². The zero-order valence-electron chi connectivity index (χ0n) is 13.0. The lowest BCUT2D eigenvalue weighted by Gasteiger charge is -2.11. The molecular weight excluding hydrogens is 292 g/mol. The molecule has 0 unspecified atom stereocenters. The first kappa shape index (κ1) is 18.2. The molecule has 0 aliphatic rings. The van der Waals surface area contributed by atoms with Gasteiger partial charge in [-0.05, 0) is 6.07 Å². The number of hydrogen-bond donors (Lipinski definition) is 1. The van der Waals surface area contributed by atoms with Crippen LogP contribution in [0.4, 0.5) is 0 Å². The lowest BCUT2D eigenvalue weighted by Crippen LogP contribution is -2.22. The molecule has 0 radical (unpaired) electrons. The number of ether oxygens (including phenoxy) is 3. The lowest BCUT2D eigenvalue weighted by atomic mass is 10.3. The monoisotopic (exact) mass is 316 g/mol. The third-order valence-electron chi connectivity index (χ3n) is 2.69. The van der Waals surface area contributed by atoms with E-state index in [-0.39, 0.29) is 0 Å². The van der Waals surface area contributed by atoms with Crippen molar-refractivity contribution in [1.82, 2.24) is 10.3 Å². The maximum Gasteiger partial charge on any atom is 0.213 e. The molecule has 0 saturated heterocycles. The van der Waals surface area contributed by atoms with E-state index in [4.69, 9.17) is 25.8 Å². The van der Waals surface area contributed by atoms with E-state index in [1.54, 1.807) is 13.2 Å². The molecule has 0 saturated carbocycles. The summed E-state index contributed by atoms with van der Waals surface area (Å²) in [7, 11) is 1.66.